The second-order valence-corrected chi connectivity index (χ2v) is 8.61. The molecule has 4 unspecified atom stereocenters. The minimum Gasteiger partial charge on any atom is -0.477 e. The van der Waals surface area contributed by atoms with Crippen LogP contribution in [0.2, 0.25) is 0 Å². The van der Waals surface area contributed by atoms with Crippen molar-refractivity contribution < 1.29 is 34.0 Å². The predicted octanol–water partition coefficient (Wildman–Crippen LogP) is 0.572. The summed E-state index contributed by atoms with van der Waals surface area (Å²) in [5, 5.41) is 29.2. The van der Waals surface area contributed by atoms with Gasteiger partial charge in [-0.25, -0.2) is 9.18 Å². The summed E-state index contributed by atoms with van der Waals surface area (Å²) in [6.07, 6.45) is 3.06. The summed E-state index contributed by atoms with van der Waals surface area (Å²) in [5.41, 5.74) is -1.11. The van der Waals surface area contributed by atoms with E-state index in [9.17, 15) is 24.9 Å². The number of carboxylic acid groups (broad SMARTS) is 1. The molecule has 0 spiro atoms. The highest BCUT2D eigenvalue weighted by atomic mass is 19.1. The lowest BCUT2D eigenvalue weighted by Gasteiger charge is -2.53. The molecule has 30 heavy (non-hydrogen) atoms. The van der Waals surface area contributed by atoms with Crippen molar-refractivity contribution >= 4 is 11.8 Å². The van der Waals surface area contributed by atoms with Crippen LogP contribution >= 0.6 is 0 Å². The number of ketones is 1. The molecule has 3 N–H and O–H groups in total. The smallest absolute Gasteiger partial charge is 0.341 e. The van der Waals surface area contributed by atoms with E-state index < -0.39 is 41.2 Å². The largest absolute Gasteiger partial charge is 0.477 e. The summed E-state index contributed by atoms with van der Waals surface area (Å²) < 4.78 is 21.2. The average molecular weight is 422 g/mol. The third-order valence-corrected chi connectivity index (χ3v) is 6.79. The first-order valence-corrected chi connectivity index (χ1v) is 10.2. The summed E-state index contributed by atoms with van der Waals surface area (Å²) in [5.74, 6) is -3.12. The molecular formula is C21H27FN2O6. The van der Waals surface area contributed by atoms with Crippen LogP contribution in [0.4, 0.5) is 4.39 Å². The number of carbonyl (C=O) groups excluding carboxylic acids is 1. The Morgan fingerprint density at radius 2 is 2.07 bits per heavy atom. The number of fused-ring (bicyclic) bond motifs is 1. The molecule has 1 saturated heterocycles. The van der Waals surface area contributed by atoms with E-state index in [0.29, 0.717) is 13.0 Å². The van der Waals surface area contributed by atoms with E-state index in [-0.39, 0.29) is 36.0 Å². The Morgan fingerprint density at radius 1 is 1.37 bits per heavy atom. The van der Waals surface area contributed by atoms with E-state index in [1.54, 1.807) is 11.8 Å². The maximum Gasteiger partial charge on any atom is 0.341 e. The number of hydrogen-bond acceptors (Lipinski definition) is 7. The van der Waals surface area contributed by atoms with Gasteiger partial charge in [-0.3, -0.25) is 4.79 Å². The number of aliphatic hydroxyl groups excluding tert-OH is 2. The van der Waals surface area contributed by atoms with Crippen LogP contribution in [0, 0.1) is 5.92 Å². The molecule has 0 aromatic heterocycles. The number of aliphatic hydroxyl groups is 2. The van der Waals surface area contributed by atoms with Crippen LogP contribution in [0.3, 0.4) is 0 Å². The van der Waals surface area contributed by atoms with E-state index in [0.717, 1.165) is 18.9 Å². The first kappa shape index (κ1) is 21.0. The van der Waals surface area contributed by atoms with Crippen molar-refractivity contribution in [2.45, 2.75) is 50.0 Å². The summed E-state index contributed by atoms with van der Waals surface area (Å²) in [6, 6.07) is 0.0503. The summed E-state index contributed by atoms with van der Waals surface area (Å²) in [4.78, 5) is 28.2. The Balaban J connectivity index is 1.81. The number of halogens is 1. The summed E-state index contributed by atoms with van der Waals surface area (Å²) in [7, 11) is 1.44. The van der Waals surface area contributed by atoms with Gasteiger partial charge in [-0.05, 0) is 32.3 Å². The Morgan fingerprint density at radius 3 is 2.63 bits per heavy atom. The molecule has 1 saturated carbocycles. The zero-order valence-electron chi connectivity index (χ0n) is 17.0. The van der Waals surface area contributed by atoms with Gasteiger partial charge in [0.15, 0.2) is 5.78 Å². The standard InChI is InChI=1S/C21H27FN2O6/c1-21-14(18(27)13(20(28)29)9-24(21)12-3-4-12)7-15(22)17(19(21)30-2)23-6-5-16(26)11(8-23)10-25/h7,9,11-12,16,19,25-26H,3-6,8,10H2,1-2H3,(H,28,29). The van der Waals surface area contributed by atoms with E-state index in [4.69, 9.17) is 4.74 Å². The minimum absolute atomic E-state index is 0.0503. The van der Waals surface area contributed by atoms with Crippen LogP contribution in [0.1, 0.15) is 26.2 Å². The van der Waals surface area contributed by atoms with Crippen molar-refractivity contribution in [1.82, 2.24) is 9.80 Å². The highest BCUT2D eigenvalue weighted by molar-refractivity contribution is 6.25. The fourth-order valence-corrected chi connectivity index (χ4v) is 4.99. The number of carbonyl (C=O) groups is 2. The molecule has 164 valence electrons. The van der Waals surface area contributed by atoms with Crippen molar-refractivity contribution in [1.29, 1.82) is 0 Å². The van der Waals surface area contributed by atoms with Crippen LogP contribution in [0.5, 0.6) is 0 Å². The highest BCUT2D eigenvalue weighted by Crippen LogP contribution is 2.49. The normalized spacial score (nSPS) is 34.6. The van der Waals surface area contributed by atoms with Gasteiger partial charge in [0.25, 0.3) is 0 Å². The molecule has 0 aromatic carbocycles. The first-order valence-electron chi connectivity index (χ1n) is 10.2. The Hall–Kier alpha value is -2.23. The Bertz CT molecular complexity index is 864. The second kappa shape index (κ2) is 7.47. The van der Waals surface area contributed by atoms with Crippen molar-refractivity contribution in [2.75, 3.05) is 26.8 Å². The van der Waals surface area contributed by atoms with E-state index in [1.807, 2.05) is 4.90 Å². The zero-order valence-corrected chi connectivity index (χ0v) is 17.0. The lowest BCUT2D eigenvalue weighted by atomic mass is 9.72. The molecule has 0 bridgehead atoms. The topological polar surface area (TPSA) is 111 Å². The van der Waals surface area contributed by atoms with Crippen molar-refractivity contribution in [2.24, 2.45) is 5.92 Å². The van der Waals surface area contributed by atoms with Crippen LogP contribution in [0.15, 0.2) is 34.9 Å². The van der Waals surface area contributed by atoms with Crippen molar-refractivity contribution in [3.8, 4) is 0 Å². The van der Waals surface area contributed by atoms with Gasteiger partial charge >= 0.3 is 5.97 Å². The summed E-state index contributed by atoms with van der Waals surface area (Å²) in [6.45, 7) is 2.20. The monoisotopic (exact) mass is 422 g/mol. The van der Waals surface area contributed by atoms with Gasteiger partial charge in [0.05, 0.1) is 23.9 Å². The van der Waals surface area contributed by atoms with Crippen molar-refractivity contribution in [3.63, 3.8) is 0 Å². The van der Waals surface area contributed by atoms with Gasteiger partial charge in [-0.2, -0.15) is 0 Å². The van der Waals surface area contributed by atoms with Crippen LogP contribution < -0.4 is 0 Å². The van der Waals surface area contributed by atoms with Gasteiger partial charge < -0.3 is 29.9 Å². The fraction of sp³-hybridized carbons (Fsp3) is 0.619. The number of carboxylic acids is 1. The molecule has 2 fully saturated rings. The molecule has 0 amide bonds. The molecule has 2 heterocycles. The number of piperidine rings is 1. The van der Waals surface area contributed by atoms with Crippen LogP contribution in [-0.4, -0.2) is 87.5 Å². The molecule has 2 aliphatic heterocycles. The van der Waals surface area contributed by atoms with Gasteiger partial charge in [0.2, 0.25) is 0 Å². The number of methoxy groups -OCH3 is 1. The van der Waals surface area contributed by atoms with Gasteiger partial charge in [-0.1, -0.05) is 0 Å². The van der Waals surface area contributed by atoms with E-state index >= 15 is 4.39 Å². The SMILES string of the molecule is COC1C(N2CCC(O)C(CO)C2)=C(F)C=C2C(=O)C(C(=O)O)=CN(C3CC3)C21C. The first-order chi connectivity index (χ1) is 14.2. The highest BCUT2D eigenvalue weighted by Gasteiger charge is 2.57. The molecule has 2 aliphatic carbocycles. The number of Topliss-reactive ketones (excluding diaryl/α,β-unsaturated/α-hetero) is 1. The quantitative estimate of drug-likeness (QED) is 0.552. The molecule has 8 nitrogen and oxygen atoms in total. The second-order valence-electron chi connectivity index (χ2n) is 8.61. The Kier molecular flexibility index (Phi) is 5.24. The molecule has 4 atom stereocenters. The number of rotatable bonds is 5. The molecule has 0 aromatic rings. The van der Waals surface area contributed by atoms with E-state index in [1.165, 1.54) is 13.3 Å². The molecule has 4 aliphatic rings. The van der Waals surface area contributed by atoms with E-state index in [2.05, 4.69) is 0 Å². The number of hydrogen-bond donors (Lipinski definition) is 3. The third-order valence-electron chi connectivity index (χ3n) is 6.79. The van der Waals surface area contributed by atoms with Crippen molar-refractivity contribution in [3.05, 3.63) is 34.9 Å². The molecular weight excluding hydrogens is 395 g/mol. The third kappa shape index (κ3) is 3.07. The number of allylic oxidation sites excluding steroid dienone is 2. The Labute approximate surface area is 173 Å². The fourth-order valence-electron chi connectivity index (χ4n) is 4.99. The lowest BCUT2D eigenvalue weighted by Crippen LogP contribution is -2.63. The van der Waals surface area contributed by atoms with Gasteiger partial charge in [0, 0.05) is 43.9 Å². The zero-order chi connectivity index (χ0) is 21.8. The average Bonchev–Trinajstić information content (AvgIpc) is 3.54. The summed E-state index contributed by atoms with van der Waals surface area (Å²) >= 11 is 0. The lowest BCUT2D eigenvalue weighted by molar-refractivity contribution is -0.135. The minimum atomic E-state index is -1.34. The number of likely N-dealkylation sites (tertiary alicyclic amines) is 1. The number of ether oxygens (including phenoxy) is 1. The molecule has 4 rings (SSSR count). The van der Waals surface area contributed by atoms with Gasteiger partial charge in [0.1, 0.15) is 17.5 Å². The predicted molar refractivity (Wildman–Crippen MR) is 104 cm³/mol. The molecule has 0 radical (unpaired) electrons. The number of aliphatic carboxylic acids is 1. The maximum absolute atomic E-state index is 15.4. The molecule has 9 heteroatoms. The number of nitrogens with zero attached hydrogens (tertiary/aromatic N) is 2. The van der Waals surface area contributed by atoms with Crippen LogP contribution in [-0.2, 0) is 14.3 Å². The van der Waals surface area contributed by atoms with Gasteiger partial charge in [-0.15, -0.1) is 0 Å². The maximum atomic E-state index is 15.4. The van der Waals surface area contributed by atoms with Crippen LogP contribution in [0.25, 0.3) is 0 Å².